The van der Waals surface area contributed by atoms with Gasteiger partial charge < -0.3 is 15.2 Å². The van der Waals surface area contributed by atoms with Crippen molar-refractivity contribution in [1.82, 2.24) is 0 Å². The first-order chi connectivity index (χ1) is 6.02. The molecule has 68 valence electrons. The topological polar surface area (TPSA) is 77.8 Å². The van der Waals surface area contributed by atoms with Gasteiger partial charge in [0, 0.05) is 0 Å². The Kier molecular flexibility index (Phi) is 2.70. The molecular weight excluding hydrogens is 171 g/mol. The highest BCUT2D eigenvalue weighted by Gasteiger charge is 2.19. The van der Waals surface area contributed by atoms with E-state index in [1.807, 2.05) is 0 Å². The smallest absolute Gasteiger partial charge is 0.478 e. The van der Waals surface area contributed by atoms with Crippen LogP contribution < -0.4 is 5.46 Å². The van der Waals surface area contributed by atoms with Gasteiger partial charge in [-0.15, -0.1) is 0 Å². The lowest BCUT2D eigenvalue weighted by molar-refractivity contribution is 0.0698. The molecule has 0 heterocycles. The lowest BCUT2D eigenvalue weighted by Crippen LogP contribution is -2.34. The molecule has 13 heavy (non-hydrogen) atoms. The summed E-state index contributed by atoms with van der Waals surface area (Å²) in [7, 11) is -1.74. The number of carbonyl (C=O) groups is 1. The number of hydrogen-bond donors (Lipinski definition) is 3. The summed E-state index contributed by atoms with van der Waals surface area (Å²) in [5, 5.41) is 26.4. The fourth-order valence-electron chi connectivity index (χ4n) is 1.09. The zero-order valence-corrected chi connectivity index (χ0v) is 7.06. The highest BCUT2D eigenvalue weighted by molar-refractivity contribution is 6.60. The molecule has 0 atom stereocenters. The van der Waals surface area contributed by atoms with Gasteiger partial charge in [0.2, 0.25) is 0 Å². The third-order valence-corrected chi connectivity index (χ3v) is 1.72. The Morgan fingerprint density at radius 2 is 2.00 bits per heavy atom. The Hall–Kier alpha value is -1.33. The van der Waals surface area contributed by atoms with Crippen molar-refractivity contribution in [2.24, 2.45) is 0 Å². The van der Waals surface area contributed by atoms with Crippen molar-refractivity contribution in [3.05, 3.63) is 29.3 Å². The monoisotopic (exact) mass is 180 g/mol. The van der Waals surface area contributed by atoms with Crippen molar-refractivity contribution in [1.29, 1.82) is 0 Å². The van der Waals surface area contributed by atoms with Crippen molar-refractivity contribution in [2.75, 3.05) is 0 Å². The quantitative estimate of drug-likeness (QED) is 0.529. The van der Waals surface area contributed by atoms with Gasteiger partial charge in [0.1, 0.15) is 0 Å². The van der Waals surface area contributed by atoms with Crippen LogP contribution in [0.5, 0.6) is 0 Å². The summed E-state index contributed by atoms with van der Waals surface area (Å²) in [5.74, 6) is -1.16. The molecule has 0 bridgehead atoms. The maximum absolute atomic E-state index is 10.6. The van der Waals surface area contributed by atoms with Crippen LogP contribution in [0.1, 0.15) is 15.9 Å². The van der Waals surface area contributed by atoms with Crippen LogP contribution in [0.25, 0.3) is 0 Å². The fourth-order valence-corrected chi connectivity index (χ4v) is 1.09. The third kappa shape index (κ3) is 2.08. The molecule has 0 fully saturated rings. The Bertz CT molecular complexity index is 335. The zero-order chi connectivity index (χ0) is 10.0. The number of carboxylic acid groups (broad SMARTS) is 1. The number of hydrogen-bond acceptors (Lipinski definition) is 3. The van der Waals surface area contributed by atoms with Crippen LogP contribution in [0, 0.1) is 6.92 Å². The maximum atomic E-state index is 10.6. The Labute approximate surface area is 75.6 Å². The van der Waals surface area contributed by atoms with Crippen LogP contribution in [-0.2, 0) is 0 Å². The first kappa shape index (κ1) is 9.76. The average Bonchev–Trinajstić information content (AvgIpc) is 2.03. The van der Waals surface area contributed by atoms with E-state index in [4.69, 9.17) is 15.2 Å². The summed E-state index contributed by atoms with van der Waals surface area (Å²) >= 11 is 0. The van der Waals surface area contributed by atoms with Gasteiger partial charge >= 0.3 is 13.1 Å². The Morgan fingerprint density at radius 1 is 1.38 bits per heavy atom. The van der Waals surface area contributed by atoms with E-state index in [0.29, 0.717) is 0 Å². The molecule has 3 N–H and O–H groups in total. The van der Waals surface area contributed by atoms with Gasteiger partial charge in [0.05, 0.1) is 5.56 Å². The van der Waals surface area contributed by atoms with Crippen LogP contribution in [0.2, 0.25) is 0 Å². The molecule has 1 aromatic carbocycles. The molecule has 0 saturated carbocycles. The van der Waals surface area contributed by atoms with E-state index in [9.17, 15) is 4.79 Å². The first-order valence-electron chi connectivity index (χ1n) is 3.72. The van der Waals surface area contributed by atoms with Gasteiger partial charge in [-0.1, -0.05) is 17.7 Å². The zero-order valence-electron chi connectivity index (χ0n) is 7.06. The number of carboxylic acids is 1. The second-order valence-corrected chi connectivity index (χ2v) is 2.77. The molecule has 1 rings (SSSR count). The molecule has 1 aromatic rings. The van der Waals surface area contributed by atoms with Gasteiger partial charge in [0.25, 0.3) is 0 Å². The normalized spacial score (nSPS) is 9.77. The standard InChI is InChI=1S/C8H9BO4/c1-5-2-3-6(8(10)11)7(4-5)9(12)13/h2-4,12-13H,1H3,(H,10,11). The molecule has 0 saturated heterocycles. The van der Waals surface area contributed by atoms with Crippen LogP contribution in [0.15, 0.2) is 18.2 Å². The van der Waals surface area contributed by atoms with Gasteiger partial charge in [-0.25, -0.2) is 4.79 Å². The number of benzene rings is 1. The highest BCUT2D eigenvalue weighted by Crippen LogP contribution is 2.01. The molecule has 0 unspecified atom stereocenters. The lowest BCUT2D eigenvalue weighted by Gasteiger charge is -2.05. The fraction of sp³-hybridized carbons (Fsp3) is 0.125. The summed E-state index contributed by atoms with van der Waals surface area (Å²) < 4.78 is 0. The van der Waals surface area contributed by atoms with E-state index >= 15 is 0 Å². The summed E-state index contributed by atoms with van der Waals surface area (Å²) in [6, 6.07) is 4.40. The SMILES string of the molecule is Cc1ccc(C(=O)O)c(B(O)O)c1. The van der Waals surface area contributed by atoms with Crippen LogP contribution in [0.4, 0.5) is 0 Å². The van der Waals surface area contributed by atoms with Crippen molar-refractivity contribution in [2.45, 2.75) is 6.92 Å². The van der Waals surface area contributed by atoms with Crippen molar-refractivity contribution < 1.29 is 19.9 Å². The minimum absolute atomic E-state index is 0.0208. The number of aryl methyl sites for hydroxylation is 1. The summed E-state index contributed by atoms with van der Waals surface area (Å²) in [6.45, 7) is 1.75. The van der Waals surface area contributed by atoms with Gasteiger partial charge in [-0.05, 0) is 18.5 Å². The summed E-state index contributed by atoms with van der Waals surface area (Å²) in [5.41, 5.74) is 0.723. The Morgan fingerprint density at radius 3 is 2.46 bits per heavy atom. The summed E-state index contributed by atoms with van der Waals surface area (Å²) in [4.78, 5) is 10.6. The molecule has 0 aliphatic heterocycles. The number of rotatable bonds is 2. The minimum atomic E-state index is -1.74. The van der Waals surface area contributed by atoms with Gasteiger partial charge in [-0.2, -0.15) is 0 Å². The molecule has 0 aromatic heterocycles. The van der Waals surface area contributed by atoms with Crippen molar-refractivity contribution in [3.8, 4) is 0 Å². The van der Waals surface area contributed by atoms with E-state index in [2.05, 4.69) is 0 Å². The molecule has 0 aliphatic rings. The lowest BCUT2D eigenvalue weighted by atomic mass is 9.76. The largest absolute Gasteiger partial charge is 0.489 e. The van der Waals surface area contributed by atoms with Crippen molar-refractivity contribution in [3.63, 3.8) is 0 Å². The number of aromatic carboxylic acids is 1. The molecular formula is C8H9BO4. The van der Waals surface area contributed by atoms with Crippen LogP contribution in [0.3, 0.4) is 0 Å². The van der Waals surface area contributed by atoms with Crippen LogP contribution >= 0.6 is 0 Å². The molecule has 0 radical (unpaired) electrons. The molecule has 0 spiro atoms. The maximum Gasteiger partial charge on any atom is 0.489 e. The predicted molar refractivity (Wildman–Crippen MR) is 48.0 cm³/mol. The van der Waals surface area contributed by atoms with Gasteiger partial charge in [-0.3, -0.25) is 0 Å². The third-order valence-electron chi connectivity index (χ3n) is 1.72. The second kappa shape index (κ2) is 3.59. The average molecular weight is 180 g/mol. The highest BCUT2D eigenvalue weighted by atomic mass is 16.4. The Balaban J connectivity index is 3.26. The van der Waals surface area contributed by atoms with E-state index in [1.165, 1.54) is 12.1 Å². The van der Waals surface area contributed by atoms with E-state index in [0.717, 1.165) is 5.56 Å². The second-order valence-electron chi connectivity index (χ2n) is 2.77. The van der Waals surface area contributed by atoms with E-state index in [-0.39, 0.29) is 11.0 Å². The van der Waals surface area contributed by atoms with Crippen molar-refractivity contribution >= 4 is 18.6 Å². The molecule has 0 aliphatic carbocycles. The summed E-state index contributed by atoms with van der Waals surface area (Å²) in [6.07, 6.45) is 0. The van der Waals surface area contributed by atoms with E-state index in [1.54, 1.807) is 13.0 Å². The van der Waals surface area contributed by atoms with Crippen LogP contribution in [-0.4, -0.2) is 28.2 Å². The minimum Gasteiger partial charge on any atom is -0.478 e. The molecule has 0 amide bonds. The van der Waals surface area contributed by atoms with Gasteiger partial charge in [0.15, 0.2) is 0 Å². The van der Waals surface area contributed by atoms with E-state index < -0.39 is 13.1 Å². The molecule has 4 nitrogen and oxygen atoms in total. The molecule has 5 heteroatoms. The predicted octanol–water partition coefficient (Wildman–Crippen LogP) is -0.627. The first-order valence-corrected chi connectivity index (χ1v) is 3.72.